The maximum Gasteiger partial charge on any atom is 0.185 e. The largest absolute Gasteiger partial charge is 0.348 e. The normalized spacial score (nSPS) is 17.9. The molecule has 0 aromatic carbocycles. The predicted molar refractivity (Wildman–Crippen MR) is 63.4 cm³/mol. The fourth-order valence-electron chi connectivity index (χ4n) is 1.73. The average Bonchev–Trinajstić information content (AvgIpc) is 2.71. The number of nitrogens with two attached hydrogens (primary N) is 1. The molecular formula is C9H16ClN3S. The Hall–Kier alpha value is -0.320. The van der Waals surface area contributed by atoms with Gasteiger partial charge >= 0.3 is 0 Å². The van der Waals surface area contributed by atoms with Crippen molar-refractivity contribution >= 4 is 28.9 Å². The minimum atomic E-state index is 0. The zero-order valence-electron chi connectivity index (χ0n) is 8.06. The summed E-state index contributed by atoms with van der Waals surface area (Å²) in [6.45, 7) is 3.08. The van der Waals surface area contributed by atoms with Crippen molar-refractivity contribution in [3.63, 3.8) is 0 Å². The summed E-state index contributed by atoms with van der Waals surface area (Å²) in [4.78, 5) is 6.66. The summed E-state index contributed by atoms with van der Waals surface area (Å²) in [5.41, 5.74) is 5.64. The van der Waals surface area contributed by atoms with Crippen molar-refractivity contribution in [1.82, 2.24) is 4.98 Å². The van der Waals surface area contributed by atoms with Crippen LogP contribution in [0.3, 0.4) is 0 Å². The van der Waals surface area contributed by atoms with Gasteiger partial charge in [-0.3, -0.25) is 0 Å². The summed E-state index contributed by atoms with van der Waals surface area (Å²) in [5.74, 6) is 0.733. The molecule has 2 rings (SSSR count). The monoisotopic (exact) mass is 233 g/mol. The SMILES string of the molecule is Cl.NCC1CCN(c2nccs2)CC1. The number of thiazole rings is 1. The molecule has 0 unspecified atom stereocenters. The Morgan fingerprint density at radius 2 is 2.21 bits per heavy atom. The van der Waals surface area contributed by atoms with Gasteiger partial charge in [-0.2, -0.15) is 0 Å². The molecule has 0 radical (unpaired) electrons. The van der Waals surface area contributed by atoms with E-state index < -0.39 is 0 Å². The highest BCUT2D eigenvalue weighted by molar-refractivity contribution is 7.13. The molecule has 1 saturated heterocycles. The summed E-state index contributed by atoms with van der Waals surface area (Å²) in [6, 6.07) is 0. The molecule has 1 aliphatic rings. The predicted octanol–water partition coefficient (Wildman–Crippen LogP) is 1.74. The molecule has 3 nitrogen and oxygen atoms in total. The Balaban J connectivity index is 0.000000980. The molecule has 14 heavy (non-hydrogen) atoms. The second kappa shape index (κ2) is 5.53. The number of aromatic nitrogens is 1. The molecule has 0 bridgehead atoms. The Bertz CT molecular complexity index is 245. The summed E-state index contributed by atoms with van der Waals surface area (Å²) >= 11 is 1.72. The number of anilines is 1. The molecule has 1 aromatic heterocycles. The van der Waals surface area contributed by atoms with Gasteiger partial charge in [0.05, 0.1) is 0 Å². The summed E-state index contributed by atoms with van der Waals surface area (Å²) in [5, 5.41) is 3.19. The van der Waals surface area contributed by atoms with E-state index in [1.54, 1.807) is 11.3 Å². The third kappa shape index (κ3) is 2.59. The van der Waals surface area contributed by atoms with E-state index in [9.17, 15) is 0 Å². The van der Waals surface area contributed by atoms with Crippen molar-refractivity contribution in [2.75, 3.05) is 24.5 Å². The molecule has 80 valence electrons. The zero-order chi connectivity index (χ0) is 9.10. The van der Waals surface area contributed by atoms with Gasteiger partial charge in [0.15, 0.2) is 5.13 Å². The Morgan fingerprint density at radius 3 is 2.71 bits per heavy atom. The molecule has 1 aliphatic heterocycles. The summed E-state index contributed by atoms with van der Waals surface area (Å²) in [6.07, 6.45) is 4.31. The fourth-order valence-corrected chi connectivity index (χ4v) is 2.43. The van der Waals surface area contributed by atoms with Crippen molar-refractivity contribution in [2.24, 2.45) is 11.7 Å². The van der Waals surface area contributed by atoms with Gasteiger partial charge in [-0.25, -0.2) is 4.98 Å². The van der Waals surface area contributed by atoms with Crippen molar-refractivity contribution in [3.05, 3.63) is 11.6 Å². The highest BCUT2D eigenvalue weighted by atomic mass is 35.5. The zero-order valence-corrected chi connectivity index (χ0v) is 9.69. The van der Waals surface area contributed by atoms with E-state index >= 15 is 0 Å². The van der Waals surface area contributed by atoms with E-state index in [4.69, 9.17) is 5.73 Å². The van der Waals surface area contributed by atoms with E-state index in [1.807, 2.05) is 11.6 Å². The van der Waals surface area contributed by atoms with E-state index in [0.717, 1.165) is 30.7 Å². The Labute approximate surface area is 94.7 Å². The van der Waals surface area contributed by atoms with Crippen LogP contribution < -0.4 is 10.6 Å². The highest BCUT2D eigenvalue weighted by Crippen LogP contribution is 2.23. The summed E-state index contributed by atoms with van der Waals surface area (Å²) < 4.78 is 0. The molecule has 5 heteroatoms. The van der Waals surface area contributed by atoms with E-state index in [1.165, 1.54) is 12.8 Å². The molecule has 1 fully saturated rings. The van der Waals surface area contributed by atoms with Gasteiger partial charge in [-0.05, 0) is 25.3 Å². The lowest BCUT2D eigenvalue weighted by molar-refractivity contribution is 0.414. The summed E-state index contributed by atoms with van der Waals surface area (Å²) in [7, 11) is 0. The van der Waals surface area contributed by atoms with Gasteiger partial charge < -0.3 is 10.6 Å². The topological polar surface area (TPSA) is 42.1 Å². The molecule has 2 N–H and O–H groups in total. The number of rotatable bonds is 2. The van der Waals surface area contributed by atoms with Crippen LogP contribution in [0.4, 0.5) is 5.13 Å². The van der Waals surface area contributed by atoms with E-state index in [2.05, 4.69) is 9.88 Å². The van der Waals surface area contributed by atoms with Crippen molar-refractivity contribution < 1.29 is 0 Å². The average molecular weight is 234 g/mol. The maximum atomic E-state index is 5.64. The highest BCUT2D eigenvalue weighted by Gasteiger charge is 2.19. The number of hydrogen-bond acceptors (Lipinski definition) is 4. The standard InChI is InChI=1S/C9H15N3S.ClH/c10-7-8-1-4-12(5-2-8)9-11-3-6-13-9;/h3,6,8H,1-2,4-5,7,10H2;1H. The van der Waals surface area contributed by atoms with Crippen molar-refractivity contribution in [1.29, 1.82) is 0 Å². The first-order valence-electron chi connectivity index (χ1n) is 4.74. The first-order valence-corrected chi connectivity index (χ1v) is 5.62. The van der Waals surface area contributed by atoms with Crippen LogP contribution in [0.15, 0.2) is 11.6 Å². The van der Waals surface area contributed by atoms with Crippen LogP contribution in [0.5, 0.6) is 0 Å². The molecule has 2 heterocycles. The van der Waals surface area contributed by atoms with Crippen LogP contribution >= 0.6 is 23.7 Å². The van der Waals surface area contributed by atoms with Gasteiger partial charge in [0.2, 0.25) is 0 Å². The van der Waals surface area contributed by atoms with E-state index in [-0.39, 0.29) is 12.4 Å². The van der Waals surface area contributed by atoms with Crippen LogP contribution in [-0.4, -0.2) is 24.6 Å². The molecular weight excluding hydrogens is 218 g/mol. The maximum absolute atomic E-state index is 5.64. The minimum Gasteiger partial charge on any atom is -0.348 e. The molecule has 0 spiro atoms. The number of nitrogens with zero attached hydrogens (tertiary/aromatic N) is 2. The molecule has 1 aromatic rings. The van der Waals surface area contributed by atoms with Crippen LogP contribution in [0.25, 0.3) is 0 Å². The molecule has 0 aliphatic carbocycles. The van der Waals surface area contributed by atoms with Crippen LogP contribution in [-0.2, 0) is 0 Å². The second-order valence-electron chi connectivity index (χ2n) is 3.48. The van der Waals surface area contributed by atoms with Gasteiger partial charge in [0, 0.05) is 24.7 Å². The molecule has 0 saturated carbocycles. The third-order valence-corrected chi connectivity index (χ3v) is 3.47. The second-order valence-corrected chi connectivity index (χ2v) is 4.35. The van der Waals surface area contributed by atoms with Crippen LogP contribution in [0, 0.1) is 5.92 Å². The van der Waals surface area contributed by atoms with Crippen LogP contribution in [0.1, 0.15) is 12.8 Å². The number of hydrogen-bond donors (Lipinski definition) is 1. The first kappa shape index (κ1) is 11.8. The number of piperidine rings is 1. The molecule has 0 atom stereocenters. The smallest absolute Gasteiger partial charge is 0.185 e. The Morgan fingerprint density at radius 1 is 1.50 bits per heavy atom. The van der Waals surface area contributed by atoms with Gasteiger partial charge in [0.25, 0.3) is 0 Å². The molecule has 0 amide bonds. The van der Waals surface area contributed by atoms with Crippen molar-refractivity contribution in [2.45, 2.75) is 12.8 Å². The minimum absolute atomic E-state index is 0. The van der Waals surface area contributed by atoms with E-state index in [0.29, 0.717) is 0 Å². The van der Waals surface area contributed by atoms with Crippen molar-refractivity contribution in [3.8, 4) is 0 Å². The van der Waals surface area contributed by atoms with Gasteiger partial charge in [-0.15, -0.1) is 23.7 Å². The van der Waals surface area contributed by atoms with Crippen LogP contribution in [0.2, 0.25) is 0 Å². The third-order valence-electron chi connectivity index (χ3n) is 2.64. The van der Waals surface area contributed by atoms with Gasteiger partial charge in [0.1, 0.15) is 0 Å². The first-order chi connectivity index (χ1) is 6.40. The lowest BCUT2D eigenvalue weighted by Crippen LogP contribution is -2.35. The Kier molecular flexibility index (Phi) is 4.65. The number of halogens is 1. The van der Waals surface area contributed by atoms with Gasteiger partial charge in [-0.1, -0.05) is 0 Å². The quantitative estimate of drug-likeness (QED) is 0.846. The lowest BCUT2D eigenvalue weighted by Gasteiger charge is -2.30. The fraction of sp³-hybridized carbons (Fsp3) is 0.667. The lowest BCUT2D eigenvalue weighted by atomic mass is 9.98.